The summed E-state index contributed by atoms with van der Waals surface area (Å²) in [5.74, 6) is -0.905. The molecule has 0 spiro atoms. The van der Waals surface area contributed by atoms with Crippen molar-refractivity contribution < 1.29 is 78.4 Å². The summed E-state index contributed by atoms with van der Waals surface area (Å²) >= 11 is 15.8. The number of benzene rings is 2. The number of aromatic nitrogens is 11. The average Bonchev–Trinajstić information content (AvgIpc) is 0.802. The van der Waals surface area contributed by atoms with Crippen LogP contribution in [0.1, 0.15) is 101 Å². The molecule has 0 aliphatic rings. The molecule has 7 N–H and O–H groups in total. The lowest BCUT2D eigenvalue weighted by atomic mass is 9.81. The summed E-state index contributed by atoms with van der Waals surface area (Å²) in [7, 11) is 3.78. The van der Waals surface area contributed by atoms with Crippen LogP contribution in [0.5, 0.6) is 23.3 Å². The van der Waals surface area contributed by atoms with Gasteiger partial charge in [0.05, 0.1) is 138 Å². The summed E-state index contributed by atoms with van der Waals surface area (Å²) < 4.78 is 48.7. The van der Waals surface area contributed by atoms with Gasteiger partial charge in [0.2, 0.25) is 0 Å². The first-order valence-corrected chi connectivity index (χ1v) is 40.2. The number of aromatic carboxylic acids is 2. The minimum atomic E-state index is -1.41. The normalized spacial score (nSPS) is 10.1. The second kappa shape index (κ2) is 51.5. The molecule has 0 aliphatic heterocycles. The number of alkyl halides is 1. The number of nitrogens with one attached hydrogen (secondary N) is 1. The smallest absolute Gasteiger partial charge is 0.490 e. The van der Waals surface area contributed by atoms with E-state index in [0.717, 1.165) is 50.2 Å². The molecule has 35 heteroatoms. The number of carbonyl (C=O) groups excluding carboxylic acids is 3. The number of halogens is 6. The maximum atomic E-state index is 13.3. The molecule has 0 atom stereocenters. The van der Waals surface area contributed by atoms with Gasteiger partial charge >= 0.3 is 31.0 Å². The third-order valence-electron chi connectivity index (χ3n) is 16.1. The van der Waals surface area contributed by atoms with E-state index in [1.165, 1.54) is 25.6 Å². The molecule has 11 heterocycles. The first kappa shape index (κ1) is 97.0. The van der Waals surface area contributed by atoms with Gasteiger partial charge in [-0.25, -0.2) is 39.1 Å². The Morgan fingerprint density at radius 3 is 1.30 bits per heavy atom. The van der Waals surface area contributed by atoms with Gasteiger partial charge in [-0.1, -0.05) is 66.7 Å². The van der Waals surface area contributed by atoms with Crippen LogP contribution in [0.3, 0.4) is 0 Å². The first-order valence-electron chi connectivity index (χ1n) is 37.0. The highest BCUT2D eigenvalue weighted by Crippen LogP contribution is 2.32. The summed E-state index contributed by atoms with van der Waals surface area (Å²) in [6.45, 7) is 12.6. The summed E-state index contributed by atoms with van der Waals surface area (Å²) in [6.07, 6.45) is 17.9. The summed E-state index contributed by atoms with van der Waals surface area (Å²) in [6, 6.07) is 45.6. The van der Waals surface area contributed by atoms with Crippen LogP contribution in [0.4, 0.5) is 4.39 Å². The zero-order chi connectivity index (χ0) is 90.1. The molecule has 1 amide bonds. The van der Waals surface area contributed by atoms with E-state index >= 15 is 0 Å². The molecule has 632 valence electrons. The van der Waals surface area contributed by atoms with Gasteiger partial charge in [0.15, 0.2) is 11.5 Å². The van der Waals surface area contributed by atoms with Crippen LogP contribution >= 0.6 is 79.6 Å². The number of methoxy groups -OCH3 is 4. The molecule has 0 radical (unpaired) electrons. The van der Waals surface area contributed by atoms with Crippen molar-refractivity contribution in [1.29, 1.82) is 0 Å². The van der Waals surface area contributed by atoms with Crippen molar-refractivity contribution in [3.8, 4) is 79.5 Å². The van der Waals surface area contributed by atoms with Crippen LogP contribution in [0.25, 0.3) is 56.3 Å². The number of rotatable bonds is 20. The molecule has 11 aromatic heterocycles. The van der Waals surface area contributed by atoms with Gasteiger partial charge in [0.1, 0.15) is 9.21 Å². The molecule has 122 heavy (non-hydrogen) atoms. The van der Waals surface area contributed by atoms with Crippen molar-refractivity contribution >= 4 is 122 Å². The van der Waals surface area contributed by atoms with Crippen molar-refractivity contribution in [2.45, 2.75) is 54.6 Å². The highest BCUT2D eigenvalue weighted by molar-refractivity contribution is 9.11. The number of ether oxygens (including phenoxy) is 6. The van der Waals surface area contributed by atoms with Crippen molar-refractivity contribution in [1.82, 2.24) is 60.1 Å². The maximum absolute atomic E-state index is 13.3. The predicted octanol–water partition coefficient (Wildman–Crippen LogP) is 17.0. The number of carbonyl (C=O) groups is 5. The largest absolute Gasteiger partial charge is 0.491 e. The highest BCUT2D eigenvalue weighted by atomic mass is 79.9. The SMILES string of the molecule is CCOC(=O)c1cc(-c2cncc(C)c2)ncc1Br.CCOC(=O)c1cc(Br)ncc1Br.COc1ccc(CN)nc1OC.COc1ccc(CNC(=O)c2cc(-c3cc(C)ccn3)ncc2-c2ccccc2)nc1OC.Cc1ccnc(-c2cc(C(=O)O)c(-c3ccccc3)cn2)c1.Cc1cncc(B(O)O)c1.O=C(O)c1cc(Br)ncc1Br.[2H]CF. The molecule has 0 aliphatic carbocycles. The predicted molar refractivity (Wildman–Crippen MR) is 480 cm³/mol. The van der Waals surface area contributed by atoms with Crippen LogP contribution in [0.15, 0.2) is 242 Å². The monoisotopic (exact) mass is 1980 g/mol. The molecule has 2 aromatic carbocycles. The fraction of sp³-hybridized carbons (Fsp3) is 0.172. The van der Waals surface area contributed by atoms with Gasteiger partial charge in [-0.2, -0.15) is 0 Å². The second-order valence-electron chi connectivity index (χ2n) is 24.8. The van der Waals surface area contributed by atoms with Gasteiger partial charge in [-0.3, -0.25) is 44.1 Å². The number of pyridine rings is 11. The van der Waals surface area contributed by atoms with E-state index in [9.17, 15) is 33.5 Å². The minimum Gasteiger partial charge on any atom is -0.491 e. The molecule has 13 rings (SSSR count). The summed E-state index contributed by atoms with van der Waals surface area (Å²) in [5.41, 5.74) is 20.4. The van der Waals surface area contributed by atoms with E-state index < -0.39 is 26.2 Å². The minimum absolute atomic E-state index is 0.201. The second-order valence-corrected chi connectivity index (χ2v) is 29.0. The number of amides is 1. The number of esters is 2. The zero-order valence-corrected chi connectivity index (χ0v) is 75.4. The lowest BCUT2D eigenvalue weighted by Gasteiger charge is -2.13. The molecular formula is C87H84BBr5FN13O15. The lowest BCUT2D eigenvalue weighted by Crippen LogP contribution is -2.30. The Morgan fingerprint density at radius 1 is 0.451 bits per heavy atom. The Hall–Kier alpha value is -12.1. The molecule has 13 aromatic rings. The number of nitrogens with zero attached hydrogens (tertiary/aromatic N) is 11. The highest BCUT2D eigenvalue weighted by Gasteiger charge is 2.21. The molecule has 0 unspecified atom stereocenters. The van der Waals surface area contributed by atoms with E-state index in [0.29, 0.717) is 128 Å². The van der Waals surface area contributed by atoms with Gasteiger partial charge < -0.3 is 59.7 Å². The fourth-order valence-corrected chi connectivity index (χ4v) is 12.2. The van der Waals surface area contributed by atoms with Gasteiger partial charge in [-0.05, 0) is 240 Å². The third-order valence-corrected chi connectivity index (χ3v) is 18.9. The summed E-state index contributed by atoms with van der Waals surface area (Å²) in [4.78, 5) is 105. The number of hydrogen-bond acceptors (Lipinski definition) is 25. The van der Waals surface area contributed by atoms with E-state index in [1.54, 1.807) is 146 Å². The Labute approximate surface area is 747 Å². The van der Waals surface area contributed by atoms with Crippen LogP contribution in [-0.4, -0.2) is 161 Å². The van der Waals surface area contributed by atoms with Gasteiger partial charge in [0, 0.05) is 96.9 Å². The topological polar surface area (TPSA) is 401 Å². The van der Waals surface area contributed by atoms with Crippen LogP contribution in [0, 0.1) is 27.7 Å². The average molecular weight is 1980 g/mol. The number of carboxylic acid groups (broad SMARTS) is 2. The Kier molecular flexibility index (Phi) is 41.0. The first-order chi connectivity index (χ1) is 59.0. The molecule has 28 nitrogen and oxygen atoms in total. The molecular weight excluding hydrogens is 1900 g/mol. The van der Waals surface area contributed by atoms with Gasteiger partial charge in [0.25, 0.3) is 17.7 Å². The Balaban J connectivity index is 0.000000230. The Bertz CT molecular complexity index is 5680. The number of nitrogens with two attached hydrogens (primary N) is 1. The fourth-order valence-electron chi connectivity index (χ4n) is 10.3. The molecule has 0 bridgehead atoms. The molecule has 0 fully saturated rings. The maximum Gasteiger partial charge on any atom is 0.490 e. The van der Waals surface area contributed by atoms with Crippen molar-refractivity contribution in [2.75, 3.05) is 48.8 Å². The van der Waals surface area contributed by atoms with E-state index in [-0.39, 0.29) is 35.5 Å². The number of carboxylic acids is 2. The summed E-state index contributed by atoms with van der Waals surface area (Å²) in [5, 5.41) is 38.4. The van der Waals surface area contributed by atoms with E-state index in [1.807, 2.05) is 119 Å². The van der Waals surface area contributed by atoms with E-state index in [4.69, 9.17) is 50.7 Å². The number of aryl methyl sites for hydroxylation is 4. The van der Waals surface area contributed by atoms with Crippen molar-refractivity contribution in [3.63, 3.8) is 0 Å². The number of hydrogen-bond donors (Lipinski definition) is 6. The third kappa shape index (κ3) is 30.9. The standard InChI is InChI=1S/C26H24N4O3.C18H14N2O2.C14H13BrN2O2.C8H7Br2NO2.C8H12N2O2.C6H8BNO2.C6H3Br2NO2.CH3F/c1-17-11-12-27-22(13-17)23-14-20(21(16-28-23)18-7-5-4-6-8-18)25(31)29-15-19-9-10-24(32-2)26(30-19)33-3;1-12-7-8-19-16(9-12)17-10-14(18(21)22)15(11-20-17)13-5-3-2-4-6-13;1-3-19-14(18)11-5-13(17-8-12(11)15)10-4-9(2)6-16-7-10;1-2-13-8(12)5-3-7(10)11-4-6(5)9;1-11-7-4-3-6(5-9)10-8(7)12-2;1-5-2-6(7(9)10)4-8-3-5;7-4-2-9-5(8)1-3(4)6(10)11;1-2/h4-14,16H,15H2,1-3H3,(H,29,31);2-11H,1H3,(H,21,22);4-8H,3H2,1-2H3;3-4H,2H2,1H3;3-4H,5,9H2,1-2H3;2-4,9-10H,1H3;1-2H,(H,10,11);1H3/i;;;;;;;1D. The quantitative estimate of drug-likeness (QED) is 0.0234. The van der Waals surface area contributed by atoms with Gasteiger partial charge in [-0.15, -0.1) is 0 Å². The molecule has 0 saturated heterocycles. The van der Waals surface area contributed by atoms with Crippen LogP contribution < -0.4 is 35.5 Å². The van der Waals surface area contributed by atoms with Crippen LogP contribution in [0.2, 0.25) is 0 Å². The van der Waals surface area contributed by atoms with Crippen LogP contribution in [-0.2, 0) is 22.6 Å². The van der Waals surface area contributed by atoms with Crippen molar-refractivity contribution in [3.05, 3.63) is 304 Å². The van der Waals surface area contributed by atoms with Crippen molar-refractivity contribution in [2.24, 2.45) is 5.73 Å². The van der Waals surface area contributed by atoms with E-state index in [2.05, 4.69) is 140 Å². The zero-order valence-electron chi connectivity index (χ0n) is 68.4. The molecule has 0 saturated carbocycles. The Morgan fingerprint density at radius 2 is 0.869 bits per heavy atom. The lowest BCUT2D eigenvalue weighted by molar-refractivity contribution is 0.0515.